The number of benzene rings is 1. The minimum atomic E-state index is -0.284. The van der Waals surface area contributed by atoms with E-state index in [9.17, 15) is 4.39 Å². The van der Waals surface area contributed by atoms with Gasteiger partial charge < -0.3 is 10.5 Å². The first-order chi connectivity index (χ1) is 8.65. The average molecular weight is 265 g/mol. The number of ether oxygens (including phenoxy) is 1. The Labute approximate surface area is 108 Å². The number of hydrogen-bond donors (Lipinski definition) is 2. The first-order valence-electron chi connectivity index (χ1n) is 5.32. The van der Waals surface area contributed by atoms with Crippen LogP contribution in [0.1, 0.15) is 9.88 Å². The van der Waals surface area contributed by atoms with Crippen LogP contribution in [0.2, 0.25) is 0 Å². The van der Waals surface area contributed by atoms with Crippen LogP contribution in [0.25, 0.3) is 0 Å². The molecule has 0 aliphatic rings. The van der Waals surface area contributed by atoms with E-state index in [2.05, 4.69) is 4.98 Å². The Bertz CT molecular complexity index is 539. The van der Waals surface area contributed by atoms with Gasteiger partial charge in [-0.3, -0.25) is 5.41 Å². The summed E-state index contributed by atoms with van der Waals surface area (Å²) in [5.41, 5.74) is 5.35. The summed E-state index contributed by atoms with van der Waals surface area (Å²) in [4.78, 5) is 4.80. The van der Waals surface area contributed by atoms with E-state index >= 15 is 0 Å². The van der Waals surface area contributed by atoms with E-state index in [1.54, 1.807) is 18.3 Å². The standard InChI is InChI=1S/C12H12FN3OS/c13-8-1-3-9(4-2-8)17-6-5-11-16-7-10(18-11)12(14)15/h1-4,7H,5-6H2,(H3,14,15). The van der Waals surface area contributed by atoms with Crippen molar-refractivity contribution in [3.05, 3.63) is 46.2 Å². The van der Waals surface area contributed by atoms with Crippen molar-refractivity contribution in [3.63, 3.8) is 0 Å². The fourth-order valence-corrected chi connectivity index (χ4v) is 2.10. The molecule has 0 saturated carbocycles. The van der Waals surface area contributed by atoms with Gasteiger partial charge >= 0.3 is 0 Å². The van der Waals surface area contributed by atoms with E-state index in [-0.39, 0.29) is 11.7 Å². The van der Waals surface area contributed by atoms with Crippen LogP contribution in [0.4, 0.5) is 4.39 Å². The van der Waals surface area contributed by atoms with Gasteiger partial charge in [-0.1, -0.05) is 0 Å². The summed E-state index contributed by atoms with van der Waals surface area (Å²) in [5, 5.41) is 8.13. The van der Waals surface area contributed by atoms with Gasteiger partial charge in [0.1, 0.15) is 17.4 Å². The summed E-state index contributed by atoms with van der Waals surface area (Å²) >= 11 is 1.38. The molecule has 2 aromatic rings. The van der Waals surface area contributed by atoms with Gasteiger partial charge in [0.05, 0.1) is 16.5 Å². The second-order valence-electron chi connectivity index (χ2n) is 3.58. The normalized spacial score (nSPS) is 10.3. The fraction of sp³-hybridized carbons (Fsp3) is 0.167. The monoisotopic (exact) mass is 265 g/mol. The summed E-state index contributed by atoms with van der Waals surface area (Å²) in [6.45, 7) is 0.455. The van der Waals surface area contributed by atoms with E-state index < -0.39 is 0 Å². The van der Waals surface area contributed by atoms with Crippen LogP contribution in [-0.2, 0) is 6.42 Å². The summed E-state index contributed by atoms with van der Waals surface area (Å²) in [6.07, 6.45) is 2.22. The fourth-order valence-electron chi connectivity index (χ4n) is 1.34. The molecule has 0 radical (unpaired) electrons. The van der Waals surface area contributed by atoms with E-state index in [4.69, 9.17) is 15.9 Å². The lowest BCUT2D eigenvalue weighted by Gasteiger charge is -2.04. The Kier molecular flexibility index (Phi) is 3.88. The SMILES string of the molecule is N=C(N)c1cnc(CCOc2ccc(F)cc2)s1. The Morgan fingerprint density at radius 1 is 1.39 bits per heavy atom. The quantitative estimate of drug-likeness (QED) is 0.643. The van der Waals surface area contributed by atoms with Gasteiger partial charge in [0.15, 0.2) is 0 Å². The second-order valence-corrected chi connectivity index (χ2v) is 4.70. The number of halogens is 1. The number of rotatable bonds is 5. The second kappa shape index (κ2) is 5.59. The number of nitrogen functional groups attached to an aromatic ring is 1. The number of aromatic nitrogens is 1. The lowest BCUT2D eigenvalue weighted by molar-refractivity contribution is 0.321. The maximum absolute atomic E-state index is 12.7. The molecule has 18 heavy (non-hydrogen) atoms. The van der Waals surface area contributed by atoms with E-state index in [1.165, 1.54) is 23.5 Å². The zero-order chi connectivity index (χ0) is 13.0. The topological polar surface area (TPSA) is 72.0 Å². The number of nitrogens with one attached hydrogen (secondary N) is 1. The maximum atomic E-state index is 12.7. The van der Waals surface area contributed by atoms with Crippen molar-refractivity contribution in [1.82, 2.24) is 4.98 Å². The number of hydrogen-bond acceptors (Lipinski definition) is 4. The highest BCUT2D eigenvalue weighted by Crippen LogP contribution is 2.14. The summed E-state index contributed by atoms with van der Waals surface area (Å²) in [5.74, 6) is 0.367. The molecule has 1 aromatic carbocycles. The third-order valence-corrected chi connectivity index (χ3v) is 3.31. The number of nitrogens with two attached hydrogens (primary N) is 1. The van der Waals surface area contributed by atoms with Crippen LogP contribution in [0.5, 0.6) is 5.75 Å². The summed E-state index contributed by atoms with van der Waals surface area (Å²) < 4.78 is 18.1. The molecule has 0 saturated heterocycles. The lowest BCUT2D eigenvalue weighted by Crippen LogP contribution is -2.08. The number of thiazole rings is 1. The maximum Gasteiger partial charge on any atom is 0.134 e. The molecular formula is C12H12FN3OS. The lowest BCUT2D eigenvalue weighted by atomic mass is 10.3. The number of nitrogens with zero attached hydrogens (tertiary/aromatic N) is 1. The molecule has 3 N–H and O–H groups in total. The van der Waals surface area contributed by atoms with E-state index in [1.807, 2.05) is 0 Å². The molecule has 1 aromatic heterocycles. The molecule has 4 nitrogen and oxygen atoms in total. The van der Waals surface area contributed by atoms with Gasteiger partial charge in [-0.25, -0.2) is 9.37 Å². The van der Waals surface area contributed by atoms with E-state index in [0.717, 1.165) is 5.01 Å². The van der Waals surface area contributed by atoms with Crippen molar-refractivity contribution >= 4 is 17.2 Å². The molecular weight excluding hydrogens is 253 g/mol. The number of amidine groups is 1. The first-order valence-corrected chi connectivity index (χ1v) is 6.14. The Hall–Kier alpha value is -1.95. The Morgan fingerprint density at radius 3 is 2.72 bits per heavy atom. The minimum absolute atomic E-state index is 0.0261. The molecule has 0 aliphatic heterocycles. The molecule has 0 atom stereocenters. The van der Waals surface area contributed by atoms with Crippen LogP contribution in [0.3, 0.4) is 0 Å². The molecule has 6 heteroatoms. The van der Waals surface area contributed by atoms with Crippen molar-refractivity contribution in [3.8, 4) is 5.75 Å². The molecule has 0 spiro atoms. The van der Waals surface area contributed by atoms with Crippen molar-refractivity contribution in [2.75, 3.05) is 6.61 Å². The summed E-state index contributed by atoms with van der Waals surface area (Å²) in [7, 11) is 0. The third-order valence-electron chi connectivity index (χ3n) is 2.22. The van der Waals surface area contributed by atoms with Gasteiger partial charge in [0.25, 0.3) is 0 Å². The third kappa shape index (κ3) is 3.27. The highest BCUT2D eigenvalue weighted by Gasteiger charge is 2.04. The van der Waals surface area contributed by atoms with Gasteiger partial charge in [0.2, 0.25) is 0 Å². The Morgan fingerprint density at radius 2 is 2.11 bits per heavy atom. The molecule has 0 amide bonds. The molecule has 0 aliphatic carbocycles. The van der Waals surface area contributed by atoms with Crippen molar-refractivity contribution in [2.45, 2.75) is 6.42 Å². The van der Waals surface area contributed by atoms with Gasteiger partial charge in [-0.2, -0.15) is 0 Å². The van der Waals surface area contributed by atoms with Crippen LogP contribution < -0.4 is 10.5 Å². The van der Waals surface area contributed by atoms with Crippen LogP contribution in [0.15, 0.2) is 30.5 Å². The van der Waals surface area contributed by atoms with Crippen molar-refractivity contribution in [2.24, 2.45) is 5.73 Å². The molecule has 94 valence electrons. The van der Waals surface area contributed by atoms with Gasteiger partial charge in [-0.05, 0) is 24.3 Å². The predicted molar refractivity (Wildman–Crippen MR) is 68.7 cm³/mol. The molecule has 0 unspecified atom stereocenters. The van der Waals surface area contributed by atoms with Gasteiger partial charge in [0, 0.05) is 12.6 Å². The molecule has 0 bridgehead atoms. The van der Waals surface area contributed by atoms with Crippen LogP contribution in [-0.4, -0.2) is 17.4 Å². The smallest absolute Gasteiger partial charge is 0.134 e. The zero-order valence-electron chi connectivity index (χ0n) is 9.52. The van der Waals surface area contributed by atoms with Gasteiger partial charge in [-0.15, -0.1) is 11.3 Å². The first kappa shape index (κ1) is 12.5. The van der Waals surface area contributed by atoms with Crippen LogP contribution >= 0.6 is 11.3 Å². The largest absolute Gasteiger partial charge is 0.493 e. The van der Waals surface area contributed by atoms with Crippen LogP contribution in [0, 0.1) is 11.2 Å². The summed E-state index contributed by atoms with van der Waals surface area (Å²) in [6, 6.07) is 5.87. The molecule has 0 fully saturated rings. The highest BCUT2D eigenvalue weighted by molar-refractivity contribution is 7.13. The zero-order valence-corrected chi connectivity index (χ0v) is 10.3. The van der Waals surface area contributed by atoms with Crippen molar-refractivity contribution < 1.29 is 9.13 Å². The minimum Gasteiger partial charge on any atom is -0.493 e. The molecule has 2 rings (SSSR count). The van der Waals surface area contributed by atoms with Crippen molar-refractivity contribution in [1.29, 1.82) is 5.41 Å². The predicted octanol–water partition coefficient (Wildman–Crippen LogP) is 2.19. The Balaban J connectivity index is 1.84. The highest BCUT2D eigenvalue weighted by atomic mass is 32.1. The van der Waals surface area contributed by atoms with E-state index in [0.29, 0.717) is 23.7 Å². The molecule has 1 heterocycles. The average Bonchev–Trinajstić information content (AvgIpc) is 2.81.